The van der Waals surface area contributed by atoms with E-state index in [1.165, 1.54) is 32.4 Å². The second kappa shape index (κ2) is 8.92. The van der Waals surface area contributed by atoms with E-state index in [1.54, 1.807) is 12.3 Å². The van der Waals surface area contributed by atoms with Gasteiger partial charge < -0.3 is 31.2 Å². The molecule has 0 aliphatic heterocycles. The number of carbonyl (C=O) groups is 1. The number of aromatic carboxylic acids is 1. The molecule has 0 saturated heterocycles. The van der Waals surface area contributed by atoms with E-state index in [0.29, 0.717) is 34.6 Å². The molecule has 0 amide bonds. The zero-order chi connectivity index (χ0) is 22.5. The van der Waals surface area contributed by atoms with Gasteiger partial charge in [-0.15, -0.1) is 0 Å². The number of anilines is 2. The maximum absolute atomic E-state index is 11.2. The van der Waals surface area contributed by atoms with E-state index in [4.69, 9.17) is 26.0 Å². The first kappa shape index (κ1) is 21.3. The van der Waals surface area contributed by atoms with Crippen LogP contribution >= 0.6 is 0 Å². The van der Waals surface area contributed by atoms with Gasteiger partial charge in [0, 0.05) is 23.7 Å². The second-order valence-electron chi connectivity index (χ2n) is 6.48. The van der Waals surface area contributed by atoms with Gasteiger partial charge in [0.05, 0.1) is 19.8 Å². The molecule has 6 N–H and O–H groups in total. The summed E-state index contributed by atoms with van der Waals surface area (Å²) in [5, 5.41) is 18.8. The molecule has 0 spiro atoms. The number of hydrogen-bond donors (Lipinski definition) is 4. The number of ether oxygens (including phenoxy) is 2. The molecule has 0 atom stereocenters. The van der Waals surface area contributed by atoms with Gasteiger partial charge in [-0.2, -0.15) is 4.98 Å². The third-order valence-corrected chi connectivity index (χ3v) is 4.42. The maximum Gasteiger partial charge on any atom is 0.339 e. The Labute approximate surface area is 178 Å². The number of methoxy groups -OCH3 is 2. The molecular formula is C22H20N4O5. The number of aromatic nitrogens is 2. The largest absolute Gasteiger partial charge is 0.507 e. The van der Waals surface area contributed by atoms with Gasteiger partial charge in [0.1, 0.15) is 17.1 Å². The monoisotopic (exact) mass is 420 g/mol. The number of hydrogen-bond acceptors (Lipinski definition) is 8. The average molecular weight is 420 g/mol. The predicted octanol–water partition coefficient (Wildman–Crippen LogP) is 2.05. The van der Waals surface area contributed by atoms with Crippen molar-refractivity contribution in [3.05, 3.63) is 64.3 Å². The lowest BCUT2D eigenvalue weighted by Crippen LogP contribution is -2.04. The van der Waals surface area contributed by atoms with Gasteiger partial charge in [-0.3, -0.25) is 0 Å². The molecule has 3 rings (SSSR count). The fourth-order valence-electron chi connectivity index (χ4n) is 2.93. The number of nitrogens with two attached hydrogens (primary N) is 2. The summed E-state index contributed by atoms with van der Waals surface area (Å²) in [6.07, 6.45) is 1.97. The summed E-state index contributed by atoms with van der Waals surface area (Å²) in [6.45, 7) is 0. The normalized spacial score (nSPS) is 10.1. The summed E-state index contributed by atoms with van der Waals surface area (Å²) in [5.74, 6) is 5.56. The second-order valence-corrected chi connectivity index (χ2v) is 6.48. The van der Waals surface area contributed by atoms with Gasteiger partial charge >= 0.3 is 5.97 Å². The van der Waals surface area contributed by atoms with Crippen LogP contribution < -0.4 is 20.9 Å². The summed E-state index contributed by atoms with van der Waals surface area (Å²) in [5.41, 5.74) is 13.7. The number of nitrogen functional groups attached to an aromatic ring is 2. The van der Waals surface area contributed by atoms with E-state index >= 15 is 0 Å². The van der Waals surface area contributed by atoms with Crippen molar-refractivity contribution in [1.29, 1.82) is 0 Å². The fraction of sp³-hybridized carbons (Fsp3) is 0.136. The zero-order valence-electron chi connectivity index (χ0n) is 16.8. The Morgan fingerprint density at radius 1 is 1.13 bits per heavy atom. The minimum atomic E-state index is -1.24. The van der Waals surface area contributed by atoms with Gasteiger partial charge in [0.15, 0.2) is 11.5 Å². The number of phenols is 1. The summed E-state index contributed by atoms with van der Waals surface area (Å²) in [7, 11) is 3.01. The lowest BCUT2D eigenvalue weighted by Gasteiger charge is -2.13. The van der Waals surface area contributed by atoms with Crippen molar-refractivity contribution in [3.63, 3.8) is 0 Å². The first-order valence-corrected chi connectivity index (χ1v) is 9.02. The SMILES string of the molecule is COc1cc(Cc2cnc(N)nc2N)cc(C#Cc2ccc(O)c(C(=O)O)c2)c1OC. The lowest BCUT2D eigenvalue weighted by molar-refractivity contribution is 0.0693. The molecule has 0 radical (unpaired) electrons. The van der Waals surface area contributed by atoms with Crippen LogP contribution in [0.3, 0.4) is 0 Å². The zero-order valence-corrected chi connectivity index (χ0v) is 16.8. The van der Waals surface area contributed by atoms with Crippen LogP contribution in [0, 0.1) is 11.8 Å². The highest BCUT2D eigenvalue weighted by Crippen LogP contribution is 2.33. The van der Waals surface area contributed by atoms with Crippen LogP contribution in [0.1, 0.15) is 32.6 Å². The molecule has 1 aromatic heterocycles. The summed E-state index contributed by atoms with van der Waals surface area (Å²) in [4.78, 5) is 19.2. The highest BCUT2D eigenvalue weighted by molar-refractivity contribution is 5.91. The Kier molecular flexibility index (Phi) is 6.12. The standard InChI is InChI=1S/C22H20N4O5/c1-30-18-10-13(8-15-11-25-22(24)26-20(15)23)7-14(19(18)31-2)5-3-12-4-6-17(27)16(9-12)21(28)29/h4,6-7,9-11,27H,8H2,1-2H3,(H,28,29)(H4,23,24,25,26). The van der Waals surface area contributed by atoms with Crippen molar-refractivity contribution in [3.8, 4) is 29.1 Å². The van der Waals surface area contributed by atoms with Crippen molar-refractivity contribution in [2.24, 2.45) is 0 Å². The Balaban J connectivity index is 2.04. The van der Waals surface area contributed by atoms with Crippen LogP contribution in [0.2, 0.25) is 0 Å². The average Bonchev–Trinajstić information content (AvgIpc) is 2.74. The summed E-state index contributed by atoms with van der Waals surface area (Å²) in [6, 6.07) is 7.70. The Morgan fingerprint density at radius 3 is 2.55 bits per heavy atom. The highest BCUT2D eigenvalue weighted by atomic mass is 16.5. The minimum absolute atomic E-state index is 0.0924. The molecule has 0 aliphatic rings. The minimum Gasteiger partial charge on any atom is -0.507 e. The maximum atomic E-state index is 11.2. The Morgan fingerprint density at radius 2 is 1.90 bits per heavy atom. The van der Waals surface area contributed by atoms with Crippen LogP contribution in [0.15, 0.2) is 36.5 Å². The Bertz CT molecular complexity index is 1210. The van der Waals surface area contributed by atoms with Crippen LogP contribution in [0.25, 0.3) is 0 Å². The lowest BCUT2D eigenvalue weighted by atomic mass is 10.0. The summed E-state index contributed by atoms with van der Waals surface area (Å²) < 4.78 is 10.9. The van der Waals surface area contributed by atoms with Crippen molar-refractivity contribution in [2.75, 3.05) is 25.7 Å². The molecular weight excluding hydrogens is 400 g/mol. The molecule has 3 aromatic rings. The van der Waals surface area contributed by atoms with E-state index in [-0.39, 0.29) is 23.1 Å². The van der Waals surface area contributed by atoms with Gasteiger partial charge in [-0.1, -0.05) is 11.8 Å². The van der Waals surface area contributed by atoms with Gasteiger partial charge in [-0.05, 0) is 35.9 Å². The molecule has 0 bridgehead atoms. The predicted molar refractivity (Wildman–Crippen MR) is 114 cm³/mol. The van der Waals surface area contributed by atoms with Crippen LogP contribution in [-0.2, 0) is 6.42 Å². The first-order chi connectivity index (χ1) is 14.8. The molecule has 0 aliphatic carbocycles. The third-order valence-electron chi connectivity index (χ3n) is 4.42. The summed E-state index contributed by atoms with van der Waals surface area (Å²) >= 11 is 0. The number of rotatable bonds is 5. The van der Waals surface area contributed by atoms with E-state index in [0.717, 1.165) is 5.56 Å². The van der Waals surface area contributed by atoms with Gasteiger partial charge in [0.25, 0.3) is 0 Å². The van der Waals surface area contributed by atoms with Crippen molar-refractivity contribution < 1.29 is 24.5 Å². The van der Waals surface area contributed by atoms with Crippen LogP contribution in [0.4, 0.5) is 11.8 Å². The third kappa shape index (κ3) is 4.76. The smallest absolute Gasteiger partial charge is 0.339 e. The topological polar surface area (TPSA) is 154 Å². The molecule has 1 heterocycles. The highest BCUT2D eigenvalue weighted by Gasteiger charge is 2.14. The molecule has 9 heteroatoms. The van der Waals surface area contributed by atoms with Crippen molar-refractivity contribution >= 4 is 17.7 Å². The molecule has 2 aromatic carbocycles. The van der Waals surface area contributed by atoms with Gasteiger partial charge in [-0.25, -0.2) is 9.78 Å². The van der Waals surface area contributed by atoms with Crippen molar-refractivity contribution in [2.45, 2.75) is 6.42 Å². The quantitative estimate of drug-likeness (QED) is 0.454. The molecule has 31 heavy (non-hydrogen) atoms. The number of benzene rings is 2. The number of aromatic hydroxyl groups is 1. The Hall–Kier alpha value is -4.45. The molecule has 9 nitrogen and oxygen atoms in total. The van der Waals surface area contributed by atoms with Gasteiger partial charge in [0.2, 0.25) is 5.95 Å². The van der Waals surface area contributed by atoms with E-state index < -0.39 is 5.97 Å². The van der Waals surface area contributed by atoms with Crippen LogP contribution in [-0.4, -0.2) is 40.4 Å². The molecule has 0 fully saturated rings. The fourth-order valence-corrected chi connectivity index (χ4v) is 2.93. The van der Waals surface area contributed by atoms with E-state index in [2.05, 4.69) is 21.8 Å². The van der Waals surface area contributed by atoms with E-state index in [9.17, 15) is 9.90 Å². The number of nitrogens with zero attached hydrogens (tertiary/aromatic N) is 2. The number of carboxylic acid groups (broad SMARTS) is 1. The molecule has 0 saturated carbocycles. The van der Waals surface area contributed by atoms with Crippen molar-refractivity contribution in [1.82, 2.24) is 9.97 Å². The van der Waals surface area contributed by atoms with E-state index in [1.807, 2.05) is 6.07 Å². The molecule has 0 unspecified atom stereocenters. The molecule has 158 valence electrons. The first-order valence-electron chi connectivity index (χ1n) is 9.02. The number of carboxylic acids is 1. The van der Waals surface area contributed by atoms with Crippen LogP contribution in [0.5, 0.6) is 17.2 Å².